The Morgan fingerprint density at radius 1 is 1.08 bits per heavy atom. The third-order valence-electron chi connectivity index (χ3n) is 1.59. The monoisotopic (exact) mass is 166 g/mol. The van der Waals surface area contributed by atoms with Gasteiger partial charge >= 0.3 is 0 Å². The number of hydrogen-bond acceptors (Lipinski definition) is 1. The van der Waals surface area contributed by atoms with Crippen molar-refractivity contribution in [3.05, 3.63) is 29.8 Å². The van der Waals surface area contributed by atoms with Crippen LogP contribution in [0, 0.1) is 0 Å². The largest absolute Gasteiger partial charge is 0.508 e. The van der Waals surface area contributed by atoms with Crippen LogP contribution in [0.4, 0.5) is 0 Å². The number of rotatable bonds is 2. The molecule has 0 aliphatic carbocycles. The van der Waals surface area contributed by atoms with Crippen molar-refractivity contribution in [2.75, 3.05) is 21.1 Å². The maximum Gasteiger partial charge on any atom is 0.115 e. The van der Waals surface area contributed by atoms with Gasteiger partial charge in [0.2, 0.25) is 0 Å². The standard InChI is InChI=1S/C10H15NO/c1-11(2,3)8-9-4-6-10(12)7-5-9/h4-7H,8H2,1-3H3/p+1. The molecule has 0 bridgehead atoms. The average Bonchev–Trinajstić information content (AvgIpc) is 1.91. The highest BCUT2D eigenvalue weighted by molar-refractivity contribution is 5.25. The van der Waals surface area contributed by atoms with E-state index in [2.05, 4.69) is 21.1 Å². The highest BCUT2D eigenvalue weighted by Crippen LogP contribution is 2.12. The molecule has 0 spiro atoms. The predicted molar refractivity (Wildman–Crippen MR) is 49.8 cm³/mol. The molecule has 0 aliphatic heterocycles. The zero-order chi connectivity index (χ0) is 9.19. The molecule has 2 heteroatoms. The maximum atomic E-state index is 9.05. The first-order chi connectivity index (χ1) is 5.47. The predicted octanol–water partition coefficient (Wildman–Crippen LogP) is 1.60. The molecule has 0 atom stereocenters. The van der Waals surface area contributed by atoms with Gasteiger partial charge < -0.3 is 9.59 Å². The number of aromatic hydroxyl groups is 1. The van der Waals surface area contributed by atoms with Crippen LogP contribution in [0.3, 0.4) is 0 Å². The normalized spacial score (nSPS) is 11.6. The fourth-order valence-electron chi connectivity index (χ4n) is 1.15. The molecule has 0 fully saturated rings. The summed E-state index contributed by atoms with van der Waals surface area (Å²) in [6.07, 6.45) is 0. The summed E-state index contributed by atoms with van der Waals surface area (Å²) >= 11 is 0. The van der Waals surface area contributed by atoms with Crippen LogP contribution in [0.2, 0.25) is 0 Å². The van der Waals surface area contributed by atoms with Crippen LogP contribution in [0.5, 0.6) is 5.75 Å². The molecule has 0 aliphatic rings. The Bertz CT molecular complexity index is 246. The lowest BCUT2D eigenvalue weighted by molar-refractivity contribution is -0.884. The summed E-state index contributed by atoms with van der Waals surface area (Å²) in [4.78, 5) is 0. The fraction of sp³-hybridized carbons (Fsp3) is 0.400. The van der Waals surface area contributed by atoms with Crippen LogP contribution in [0.1, 0.15) is 5.56 Å². The molecule has 0 heterocycles. The van der Waals surface area contributed by atoms with E-state index in [1.165, 1.54) is 5.56 Å². The van der Waals surface area contributed by atoms with Crippen LogP contribution in [-0.2, 0) is 6.54 Å². The SMILES string of the molecule is C[N+](C)(C)Cc1ccc(O)cc1. The molecule has 1 rings (SSSR count). The molecule has 1 aromatic carbocycles. The molecule has 0 amide bonds. The van der Waals surface area contributed by atoms with Gasteiger partial charge in [0.1, 0.15) is 12.3 Å². The molecule has 0 unspecified atom stereocenters. The molecule has 0 saturated carbocycles. The highest BCUT2D eigenvalue weighted by Gasteiger charge is 2.07. The van der Waals surface area contributed by atoms with E-state index < -0.39 is 0 Å². The highest BCUT2D eigenvalue weighted by atomic mass is 16.3. The van der Waals surface area contributed by atoms with Crippen LogP contribution in [0.25, 0.3) is 0 Å². The lowest BCUT2D eigenvalue weighted by Crippen LogP contribution is -2.33. The summed E-state index contributed by atoms with van der Waals surface area (Å²) in [6.45, 7) is 0.986. The Balaban J connectivity index is 2.71. The first-order valence-corrected chi connectivity index (χ1v) is 4.06. The van der Waals surface area contributed by atoms with E-state index in [0.717, 1.165) is 11.0 Å². The summed E-state index contributed by atoms with van der Waals surface area (Å²) in [6, 6.07) is 7.37. The van der Waals surface area contributed by atoms with Gasteiger partial charge in [0, 0.05) is 5.56 Å². The number of benzene rings is 1. The molecular weight excluding hydrogens is 150 g/mol. The Labute approximate surface area is 73.7 Å². The molecule has 0 radical (unpaired) electrons. The van der Waals surface area contributed by atoms with E-state index >= 15 is 0 Å². The molecule has 2 nitrogen and oxygen atoms in total. The second kappa shape index (κ2) is 3.15. The van der Waals surface area contributed by atoms with Gasteiger partial charge in [0.25, 0.3) is 0 Å². The van der Waals surface area contributed by atoms with E-state index in [9.17, 15) is 0 Å². The van der Waals surface area contributed by atoms with Crippen molar-refractivity contribution in [1.82, 2.24) is 0 Å². The first-order valence-electron chi connectivity index (χ1n) is 4.06. The van der Waals surface area contributed by atoms with Crippen molar-refractivity contribution in [3.8, 4) is 5.75 Å². The molecule has 0 aromatic heterocycles. The molecule has 1 aromatic rings. The van der Waals surface area contributed by atoms with Gasteiger partial charge in [0.15, 0.2) is 0 Å². The van der Waals surface area contributed by atoms with E-state index in [0.29, 0.717) is 5.75 Å². The minimum atomic E-state index is 0.333. The molecule has 1 N–H and O–H groups in total. The maximum absolute atomic E-state index is 9.05. The van der Waals surface area contributed by atoms with Crippen molar-refractivity contribution in [3.63, 3.8) is 0 Å². The Hall–Kier alpha value is -1.02. The van der Waals surface area contributed by atoms with Gasteiger partial charge in [-0.15, -0.1) is 0 Å². The Kier molecular flexibility index (Phi) is 2.38. The van der Waals surface area contributed by atoms with Crippen molar-refractivity contribution in [2.45, 2.75) is 6.54 Å². The summed E-state index contributed by atoms with van der Waals surface area (Å²) in [7, 11) is 6.44. The minimum absolute atomic E-state index is 0.333. The second-order valence-electron chi connectivity index (χ2n) is 4.11. The van der Waals surface area contributed by atoms with Crippen molar-refractivity contribution < 1.29 is 9.59 Å². The van der Waals surface area contributed by atoms with Gasteiger partial charge in [-0.25, -0.2) is 0 Å². The lowest BCUT2D eigenvalue weighted by Gasteiger charge is -2.23. The number of hydrogen-bond donors (Lipinski definition) is 1. The molecule has 0 saturated heterocycles. The van der Waals surface area contributed by atoms with E-state index in [-0.39, 0.29) is 0 Å². The topological polar surface area (TPSA) is 20.2 Å². The zero-order valence-corrected chi connectivity index (χ0v) is 7.91. The number of quaternary nitrogens is 1. The lowest BCUT2D eigenvalue weighted by atomic mass is 10.2. The van der Waals surface area contributed by atoms with Crippen molar-refractivity contribution >= 4 is 0 Å². The summed E-state index contributed by atoms with van der Waals surface area (Å²) in [5.41, 5.74) is 1.25. The smallest absolute Gasteiger partial charge is 0.115 e. The summed E-state index contributed by atoms with van der Waals surface area (Å²) in [5.74, 6) is 0.333. The number of nitrogens with zero attached hydrogens (tertiary/aromatic N) is 1. The van der Waals surface area contributed by atoms with Crippen molar-refractivity contribution in [1.29, 1.82) is 0 Å². The van der Waals surface area contributed by atoms with Gasteiger partial charge in [-0.3, -0.25) is 0 Å². The molecule has 12 heavy (non-hydrogen) atoms. The van der Waals surface area contributed by atoms with E-state index in [4.69, 9.17) is 5.11 Å². The van der Waals surface area contributed by atoms with E-state index in [1.54, 1.807) is 12.1 Å². The van der Waals surface area contributed by atoms with Crippen LogP contribution in [0.15, 0.2) is 24.3 Å². The first kappa shape index (κ1) is 9.07. The van der Waals surface area contributed by atoms with Crippen LogP contribution in [-0.4, -0.2) is 30.7 Å². The third-order valence-corrected chi connectivity index (χ3v) is 1.59. The van der Waals surface area contributed by atoms with Gasteiger partial charge in [-0.1, -0.05) is 0 Å². The fourth-order valence-corrected chi connectivity index (χ4v) is 1.15. The molecule has 66 valence electrons. The van der Waals surface area contributed by atoms with Crippen molar-refractivity contribution in [2.24, 2.45) is 0 Å². The van der Waals surface area contributed by atoms with E-state index in [1.807, 2.05) is 12.1 Å². The van der Waals surface area contributed by atoms with Crippen LogP contribution >= 0.6 is 0 Å². The Morgan fingerprint density at radius 2 is 1.58 bits per heavy atom. The molecular formula is C10H16NO+. The minimum Gasteiger partial charge on any atom is -0.508 e. The average molecular weight is 166 g/mol. The number of phenols is 1. The quantitative estimate of drug-likeness (QED) is 0.662. The van der Waals surface area contributed by atoms with Gasteiger partial charge in [0.05, 0.1) is 21.1 Å². The van der Waals surface area contributed by atoms with Gasteiger partial charge in [-0.05, 0) is 24.3 Å². The summed E-state index contributed by atoms with van der Waals surface area (Å²) in [5, 5.41) is 9.05. The second-order valence-corrected chi connectivity index (χ2v) is 4.11. The van der Waals surface area contributed by atoms with Gasteiger partial charge in [-0.2, -0.15) is 0 Å². The Morgan fingerprint density at radius 3 is 2.00 bits per heavy atom. The zero-order valence-electron chi connectivity index (χ0n) is 7.91. The van der Waals surface area contributed by atoms with Crippen LogP contribution < -0.4 is 0 Å². The number of phenolic OH excluding ortho intramolecular Hbond substituents is 1. The third kappa shape index (κ3) is 2.93. The summed E-state index contributed by atoms with van der Waals surface area (Å²) < 4.78 is 0.908.